The highest BCUT2D eigenvalue weighted by Gasteiger charge is 2.14. The van der Waals surface area contributed by atoms with E-state index in [4.69, 9.17) is 14.0 Å². The molecule has 0 aliphatic rings. The summed E-state index contributed by atoms with van der Waals surface area (Å²) in [4.78, 5) is 18.2. The summed E-state index contributed by atoms with van der Waals surface area (Å²) >= 11 is 0. The molecule has 2 aromatic carbocycles. The lowest BCUT2D eigenvalue weighted by molar-refractivity contribution is 0.222. The van der Waals surface area contributed by atoms with Gasteiger partial charge in [-0.25, -0.2) is 9.18 Å². The van der Waals surface area contributed by atoms with Crippen LogP contribution in [0.25, 0.3) is 11.5 Å². The molecule has 3 aromatic rings. The van der Waals surface area contributed by atoms with Gasteiger partial charge >= 0.3 is 6.03 Å². The molecule has 0 aliphatic carbocycles. The summed E-state index contributed by atoms with van der Waals surface area (Å²) in [5, 5.41) is 6.70. The standard InChI is InChI=1S/C20H21FN4O4/c1-25(20(26)22-15-8-9-16(27-2)17(12-15)28-3)11-10-18-23-19(29-24-18)13-4-6-14(21)7-5-13/h4-9,12H,10-11H2,1-3H3,(H,22,26). The highest BCUT2D eigenvalue weighted by Crippen LogP contribution is 2.29. The zero-order chi connectivity index (χ0) is 20.8. The molecular weight excluding hydrogens is 379 g/mol. The number of ether oxygens (including phenoxy) is 2. The summed E-state index contributed by atoms with van der Waals surface area (Å²) in [6, 6.07) is 10.6. The Morgan fingerprint density at radius 2 is 1.86 bits per heavy atom. The van der Waals surface area contributed by atoms with Gasteiger partial charge in [-0.1, -0.05) is 5.16 Å². The number of aromatic nitrogens is 2. The third kappa shape index (κ3) is 5.01. The number of anilines is 1. The first-order chi connectivity index (χ1) is 14.0. The predicted molar refractivity (Wildman–Crippen MR) is 105 cm³/mol. The molecule has 9 heteroatoms. The van der Waals surface area contributed by atoms with Gasteiger partial charge in [0.2, 0.25) is 0 Å². The van der Waals surface area contributed by atoms with Gasteiger partial charge in [0.15, 0.2) is 17.3 Å². The minimum Gasteiger partial charge on any atom is -0.493 e. The molecule has 8 nitrogen and oxygen atoms in total. The van der Waals surface area contributed by atoms with E-state index in [9.17, 15) is 9.18 Å². The van der Waals surface area contributed by atoms with Gasteiger partial charge < -0.3 is 24.2 Å². The lowest BCUT2D eigenvalue weighted by Gasteiger charge is -2.17. The molecule has 0 atom stereocenters. The number of likely N-dealkylation sites (N-methyl/N-ethyl adjacent to an activating group) is 1. The van der Waals surface area contributed by atoms with E-state index in [1.54, 1.807) is 44.5 Å². The van der Waals surface area contributed by atoms with E-state index < -0.39 is 0 Å². The summed E-state index contributed by atoms with van der Waals surface area (Å²) in [7, 11) is 4.74. The van der Waals surface area contributed by atoms with Crippen molar-refractivity contribution in [1.82, 2.24) is 15.0 Å². The molecule has 2 amide bonds. The number of nitrogens with zero attached hydrogens (tertiary/aromatic N) is 3. The van der Waals surface area contributed by atoms with E-state index in [0.717, 1.165) is 0 Å². The summed E-state index contributed by atoms with van der Waals surface area (Å²) < 4.78 is 28.6. The maximum absolute atomic E-state index is 13.0. The number of halogens is 1. The van der Waals surface area contributed by atoms with Gasteiger partial charge in [-0.05, 0) is 36.4 Å². The van der Waals surface area contributed by atoms with Crippen molar-refractivity contribution in [2.45, 2.75) is 6.42 Å². The molecule has 3 rings (SSSR count). The number of hydrogen-bond donors (Lipinski definition) is 1. The molecule has 1 heterocycles. The summed E-state index contributed by atoms with van der Waals surface area (Å²) in [5.41, 5.74) is 1.21. The van der Waals surface area contributed by atoms with Crippen molar-refractivity contribution in [2.75, 3.05) is 33.1 Å². The van der Waals surface area contributed by atoms with E-state index in [2.05, 4.69) is 15.5 Å². The molecule has 29 heavy (non-hydrogen) atoms. The van der Waals surface area contributed by atoms with E-state index in [1.807, 2.05) is 0 Å². The fourth-order valence-corrected chi connectivity index (χ4v) is 2.57. The number of carbonyl (C=O) groups excluding carboxylic acids is 1. The Labute approximate surface area is 167 Å². The molecule has 0 spiro atoms. The minimum absolute atomic E-state index is 0.292. The van der Waals surface area contributed by atoms with Crippen molar-refractivity contribution < 1.29 is 23.2 Å². The van der Waals surface area contributed by atoms with Crippen molar-refractivity contribution in [3.63, 3.8) is 0 Å². The maximum Gasteiger partial charge on any atom is 0.321 e. The zero-order valence-corrected chi connectivity index (χ0v) is 16.3. The van der Waals surface area contributed by atoms with Crippen LogP contribution < -0.4 is 14.8 Å². The molecule has 0 radical (unpaired) electrons. The first-order valence-corrected chi connectivity index (χ1v) is 8.83. The van der Waals surface area contributed by atoms with Crippen molar-refractivity contribution >= 4 is 11.7 Å². The molecule has 0 unspecified atom stereocenters. The van der Waals surface area contributed by atoms with Crippen LogP contribution in [0.4, 0.5) is 14.9 Å². The number of benzene rings is 2. The quantitative estimate of drug-likeness (QED) is 0.652. The molecular formula is C20H21FN4O4. The van der Waals surface area contributed by atoms with Crippen LogP contribution in [0.15, 0.2) is 47.0 Å². The average Bonchev–Trinajstić information content (AvgIpc) is 3.21. The lowest BCUT2D eigenvalue weighted by Crippen LogP contribution is -2.33. The fraction of sp³-hybridized carbons (Fsp3) is 0.250. The Balaban J connectivity index is 1.56. The first-order valence-electron chi connectivity index (χ1n) is 8.83. The Bertz CT molecular complexity index is 975. The van der Waals surface area contributed by atoms with Crippen LogP contribution in [-0.4, -0.2) is 48.9 Å². The third-order valence-corrected chi connectivity index (χ3v) is 4.21. The molecule has 152 valence electrons. The van der Waals surface area contributed by atoms with Crippen LogP contribution in [0.1, 0.15) is 5.82 Å². The molecule has 1 N–H and O–H groups in total. The van der Waals surface area contributed by atoms with Crippen LogP contribution in [-0.2, 0) is 6.42 Å². The van der Waals surface area contributed by atoms with Crippen LogP contribution in [0, 0.1) is 5.82 Å². The van der Waals surface area contributed by atoms with Gasteiger partial charge in [-0.15, -0.1) is 0 Å². The first kappa shape index (κ1) is 20.1. The van der Waals surface area contributed by atoms with Crippen LogP contribution >= 0.6 is 0 Å². The number of carbonyl (C=O) groups is 1. The van der Waals surface area contributed by atoms with Crippen molar-refractivity contribution in [3.8, 4) is 23.0 Å². The normalized spacial score (nSPS) is 10.5. The SMILES string of the molecule is COc1ccc(NC(=O)N(C)CCc2noc(-c3ccc(F)cc3)n2)cc1OC. The highest BCUT2D eigenvalue weighted by atomic mass is 19.1. The van der Waals surface area contributed by atoms with Gasteiger partial charge in [0, 0.05) is 37.3 Å². The number of methoxy groups -OCH3 is 2. The van der Waals surface area contributed by atoms with E-state index >= 15 is 0 Å². The van der Waals surface area contributed by atoms with Crippen LogP contribution in [0.2, 0.25) is 0 Å². The molecule has 0 saturated carbocycles. The highest BCUT2D eigenvalue weighted by molar-refractivity contribution is 5.89. The summed E-state index contributed by atoms with van der Waals surface area (Å²) in [6.45, 7) is 0.377. The molecule has 1 aromatic heterocycles. The van der Waals surface area contributed by atoms with E-state index in [1.165, 1.54) is 24.1 Å². The zero-order valence-electron chi connectivity index (χ0n) is 16.3. The second-order valence-electron chi connectivity index (χ2n) is 6.19. The molecule has 0 aliphatic heterocycles. The van der Waals surface area contributed by atoms with Gasteiger partial charge in [-0.2, -0.15) is 4.98 Å². The maximum atomic E-state index is 13.0. The Kier molecular flexibility index (Phi) is 6.28. The molecule has 0 saturated heterocycles. The largest absolute Gasteiger partial charge is 0.493 e. The van der Waals surface area contributed by atoms with E-state index in [-0.39, 0.29) is 11.8 Å². The smallest absolute Gasteiger partial charge is 0.321 e. The number of nitrogens with one attached hydrogen (secondary N) is 1. The Morgan fingerprint density at radius 1 is 1.14 bits per heavy atom. The molecule has 0 bridgehead atoms. The van der Waals surface area contributed by atoms with Crippen molar-refractivity contribution in [3.05, 3.63) is 54.1 Å². The third-order valence-electron chi connectivity index (χ3n) is 4.21. The van der Waals surface area contributed by atoms with Crippen molar-refractivity contribution in [2.24, 2.45) is 0 Å². The summed E-state index contributed by atoms with van der Waals surface area (Å²) in [5.74, 6) is 1.52. The topological polar surface area (TPSA) is 89.7 Å². The molecule has 0 fully saturated rings. The summed E-state index contributed by atoms with van der Waals surface area (Å²) in [6.07, 6.45) is 0.403. The number of amides is 2. The van der Waals surface area contributed by atoms with Gasteiger partial charge in [-0.3, -0.25) is 0 Å². The van der Waals surface area contributed by atoms with E-state index in [0.29, 0.717) is 47.4 Å². The fourth-order valence-electron chi connectivity index (χ4n) is 2.57. The number of rotatable bonds is 7. The number of hydrogen-bond acceptors (Lipinski definition) is 6. The number of urea groups is 1. The van der Waals surface area contributed by atoms with Crippen LogP contribution in [0.3, 0.4) is 0 Å². The Hall–Kier alpha value is -3.62. The van der Waals surface area contributed by atoms with Crippen molar-refractivity contribution in [1.29, 1.82) is 0 Å². The second kappa shape index (κ2) is 9.05. The Morgan fingerprint density at radius 3 is 2.55 bits per heavy atom. The average molecular weight is 400 g/mol. The minimum atomic E-state index is -0.337. The lowest BCUT2D eigenvalue weighted by atomic mass is 10.2. The van der Waals surface area contributed by atoms with Gasteiger partial charge in [0.1, 0.15) is 5.82 Å². The monoisotopic (exact) mass is 400 g/mol. The van der Waals surface area contributed by atoms with Gasteiger partial charge in [0.25, 0.3) is 5.89 Å². The second-order valence-corrected chi connectivity index (χ2v) is 6.19. The predicted octanol–water partition coefficient (Wildman–Crippen LogP) is 3.60. The van der Waals surface area contributed by atoms with Crippen LogP contribution in [0.5, 0.6) is 11.5 Å². The van der Waals surface area contributed by atoms with Gasteiger partial charge in [0.05, 0.1) is 14.2 Å².